The molecule has 2 aromatic rings. The molecule has 6 heteroatoms. The summed E-state index contributed by atoms with van der Waals surface area (Å²) in [6.07, 6.45) is 0. The Balaban J connectivity index is 1.90. The van der Waals surface area contributed by atoms with Crippen LogP contribution in [0.15, 0.2) is 40.8 Å². The van der Waals surface area contributed by atoms with Crippen molar-refractivity contribution < 1.29 is 24.2 Å². The highest BCUT2D eigenvalue weighted by molar-refractivity contribution is 7.97. The zero-order valence-corrected chi connectivity index (χ0v) is 11.2. The minimum absolute atomic E-state index is 0.0755. The van der Waals surface area contributed by atoms with E-state index in [1.165, 1.54) is 17.8 Å². The lowest BCUT2D eigenvalue weighted by atomic mass is 10.1. The highest BCUT2D eigenvalue weighted by Crippen LogP contribution is 2.20. The van der Waals surface area contributed by atoms with E-state index < -0.39 is 11.9 Å². The molecule has 0 aliphatic rings. The van der Waals surface area contributed by atoms with Crippen molar-refractivity contribution in [3.63, 3.8) is 0 Å². The van der Waals surface area contributed by atoms with Gasteiger partial charge in [-0.3, -0.25) is 0 Å². The van der Waals surface area contributed by atoms with Crippen LogP contribution in [0.3, 0.4) is 0 Å². The van der Waals surface area contributed by atoms with E-state index in [9.17, 15) is 9.59 Å². The molecule has 1 heterocycles. The van der Waals surface area contributed by atoms with Gasteiger partial charge in [0.1, 0.15) is 5.76 Å². The number of hydrogen-bond acceptors (Lipinski definition) is 4. The van der Waals surface area contributed by atoms with Gasteiger partial charge >= 0.3 is 11.9 Å². The molecule has 0 amide bonds. The fourth-order valence-corrected chi connectivity index (χ4v) is 2.51. The van der Waals surface area contributed by atoms with Gasteiger partial charge in [-0.15, -0.1) is 11.8 Å². The van der Waals surface area contributed by atoms with Crippen LogP contribution in [0.5, 0.6) is 0 Å². The quantitative estimate of drug-likeness (QED) is 0.850. The van der Waals surface area contributed by atoms with E-state index in [1.54, 1.807) is 24.3 Å². The number of carboxylic acid groups (broad SMARTS) is 2. The summed E-state index contributed by atoms with van der Waals surface area (Å²) in [4.78, 5) is 21.5. The Kier molecular flexibility index (Phi) is 4.47. The van der Waals surface area contributed by atoms with E-state index in [0.29, 0.717) is 17.3 Å². The third-order valence-corrected chi connectivity index (χ3v) is 3.59. The number of furan rings is 1. The monoisotopic (exact) mass is 292 g/mol. The number of carbonyl (C=O) groups is 2. The molecular formula is C14H12O5S. The van der Waals surface area contributed by atoms with Gasteiger partial charge in [-0.05, 0) is 29.8 Å². The molecule has 2 N–H and O–H groups in total. The van der Waals surface area contributed by atoms with E-state index in [4.69, 9.17) is 14.6 Å². The molecule has 0 radical (unpaired) electrons. The van der Waals surface area contributed by atoms with Gasteiger partial charge in [-0.2, -0.15) is 0 Å². The molecule has 104 valence electrons. The second kappa shape index (κ2) is 6.29. The summed E-state index contributed by atoms with van der Waals surface area (Å²) in [7, 11) is 0. The van der Waals surface area contributed by atoms with Gasteiger partial charge in [0.15, 0.2) is 0 Å². The van der Waals surface area contributed by atoms with Crippen LogP contribution in [0, 0.1) is 0 Å². The summed E-state index contributed by atoms with van der Waals surface area (Å²) in [5, 5.41) is 17.6. The number of benzene rings is 1. The standard InChI is InChI=1S/C14H12O5S/c15-13(16)10-3-1-2-9(6-10)7-20-8-11-4-5-12(19-11)14(17)18/h1-6H,7-8H2,(H,15,16)(H,17,18). The summed E-state index contributed by atoms with van der Waals surface area (Å²) >= 11 is 1.53. The predicted octanol–water partition coefficient (Wildman–Crippen LogP) is 3.11. The minimum atomic E-state index is -1.09. The Morgan fingerprint density at radius 2 is 1.85 bits per heavy atom. The van der Waals surface area contributed by atoms with Crippen molar-refractivity contribution in [2.24, 2.45) is 0 Å². The summed E-state index contributed by atoms with van der Waals surface area (Å²) in [6, 6.07) is 9.77. The molecule has 0 saturated heterocycles. The van der Waals surface area contributed by atoms with E-state index in [0.717, 1.165) is 5.56 Å². The van der Waals surface area contributed by atoms with Crippen LogP contribution in [0.25, 0.3) is 0 Å². The van der Waals surface area contributed by atoms with Crippen molar-refractivity contribution in [3.8, 4) is 0 Å². The van der Waals surface area contributed by atoms with Crippen molar-refractivity contribution in [2.75, 3.05) is 0 Å². The third-order valence-electron chi connectivity index (χ3n) is 2.56. The molecule has 0 atom stereocenters. The van der Waals surface area contributed by atoms with Gasteiger partial charge in [0.2, 0.25) is 5.76 Å². The largest absolute Gasteiger partial charge is 0.478 e. The first-order valence-electron chi connectivity index (χ1n) is 5.78. The predicted molar refractivity (Wildman–Crippen MR) is 74.1 cm³/mol. The molecule has 0 aliphatic heterocycles. The van der Waals surface area contributed by atoms with Crippen LogP contribution in [-0.4, -0.2) is 22.2 Å². The minimum Gasteiger partial charge on any atom is -0.478 e. The second-order valence-corrected chi connectivity index (χ2v) is 5.06. The zero-order valence-electron chi connectivity index (χ0n) is 10.4. The number of hydrogen-bond donors (Lipinski definition) is 2. The molecule has 20 heavy (non-hydrogen) atoms. The zero-order chi connectivity index (χ0) is 14.5. The van der Waals surface area contributed by atoms with Crippen molar-refractivity contribution in [1.29, 1.82) is 0 Å². The average Bonchev–Trinajstić information content (AvgIpc) is 2.88. The molecule has 5 nitrogen and oxygen atoms in total. The summed E-state index contributed by atoms with van der Waals surface area (Å²) in [6.45, 7) is 0. The second-order valence-electron chi connectivity index (χ2n) is 4.07. The summed E-state index contributed by atoms with van der Waals surface area (Å²) in [5.41, 5.74) is 1.16. The lowest BCUT2D eigenvalue weighted by Crippen LogP contribution is -1.96. The summed E-state index contributed by atoms with van der Waals surface area (Å²) < 4.78 is 5.13. The molecule has 1 aromatic heterocycles. The van der Waals surface area contributed by atoms with Gasteiger partial charge in [0.05, 0.1) is 11.3 Å². The van der Waals surface area contributed by atoms with Gasteiger partial charge in [0.25, 0.3) is 0 Å². The van der Waals surface area contributed by atoms with E-state index >= 15 is 0 Å². The Bertz CT molecular complexity index is 632. The number of thioether (sulfide) groups is 1. The third kappa shape index (κ3) is 3.64. The molecular weight excluding hydrogens is 280 g/mol. The fraction of sp³-hybridized carbons (Fsp3) is 0.143. The van der Waals surface area contributed by atoms with E-state index in [1.807, 2.05) is 6.07 Å². The molecule has 1 aromatic carbocycles. The van der Waals surface area contributed by atoms with Crippen LogP contribution in [0.1, 0.15) is 32.2 Å². The van der Waals surface area contributed by atoms with Crippen LogP contribution in [0.4, 0.5) is 0 Å². The van der Waals surface area contributed by atoms with Crippen LogP contribution in [-0.2, 0) is 11.5 Å². The van der Waals surface area contributed by atoms with Gasteiger partial charge in [0, 0.05) is 5.75 Å². The Morgan fingerprint density at radius 1 is 1.05 bits per heavy atom. The Labute approximate surface area is 119 Å². The number of aromatic carboxylic acids is 2. The fourth-order valence-electron chi connectivity index (χ4n) is 1.63. The molecule has 0 fully saturated rings. The van der Waals surface area contributed by atoms with Crippen molar-refractivity contribution in [3.05, 3.63) is 59.0 Å². The topological polar surface area (TPSA) is 87.7 Å². The smallest absolute Gasteiger partial charge is 0.371 e. The first kappa shape index (κ1) is 14.2. The molecule has 0 aliphatic carbocycles. The van der Waals surface area contributed by atoms with Crippen LogP contribution >= 0.6 is 11.8 Å². The van der Waals surface area contributed by atoms with E-state index in [2.05, 4.69) is 0 Å². The molecule has 0 unspecified atom stereocenters. The average molecular weight is 292 g/mol. The number of carboxylic acids is 2. The first-order valence-corrected chi connectivity index (χ1v) is 6.93. The lowest BCUT2D eigenvalue weighted by molar-refractivity contribution is 0.0658. The highest BCUT2D eigenvalue weighted by Gasteiger charge is 2.09. The summed E-state index contributed by atoms with van der Waals surface area (Å²) in [5.74, 6) is -0.367. The molecule has 0 spiro atoms. The van der Waals surface area contributed by atoms with Crippen molar-refractivity contribution in [1.82, 2.24) is 0 Å². The van der Waals surface area contributed by atoms with Gasteiger partial charge in [-0.25, -0.2) is 9.59 Å². The Hall–Kier alpha value is -2.21. The maximum atomic E-state index is 10.8. The molecule has 2 rings (SSSR count). The normalized spacial score (nSPS) is 10.4. The van der Waals surface area contributed by atoms with Crippen molar-refractivity contribution in [2.45, 2.75) is 11.5 Å². The van der Waals surface area contributed by atoms with Crippen molar-refractivity contribution >= 4 is 23.7 Å². The SMILES string of the molecule is O=C(O)c1cccc(CSCc2ccc(C(=O)O)o2)c1. The molecule has 0 saturated carbocycles. The first-order chi connectivity index (χ1) is 9.56. The van der Waals surface area contributed by atoms with Gasteiger partial charge < -0.3 is 14.6 Å². The van der Waals surface area contributed by atoms with E-state index in [-0.39, 0.29) is 11.3 Å². The molecule has 0 bridgehead atoms. The maximum Gasteiger partial charge on any atom is 0.371 e. The lowest BCUT2D eigenvalue weighted by Gasteiger charge is -2.02. The van der Waals surface area contributed by atoms with Crippen LogP contribution < -0.4 is 0 Å². The Morgan fingerprint density at radius 3 is 2.50 bits per heavy atom. The number of rotatable bonds is 6. The highest BCUT2D eigenvalue weighted by atomic mass is 32.2. The maximum absolute atomic E-state index is 10.8. The van der Waals surface area contributed by atoms with Crippen LogP contribution in [0.2, 0.25) is 0 Å². The van der Waals surface area contributed by atoms with Gasteiger partial charge in [-0.1, -0.05) is 12.1 Å².